The monoisotopic (exact) mass is 267 g/mol. The minimum absolute atomic E-state index is 0.255. The third-order valence-corrected chi connectivity index (χ3v) is 3.64. The molecule has 0 aliphatic carbocycles. The summed E-state index contributed by atoms with van der Waals surface area (Å²) in [6, 6.07) is 2.88. The number of carboxylic acids is 1. The fraction of sp³-hybridized carbons (Fsp3) is 0.385. The maximum atomic E-state index is 11.9. The van der Waals surface area contributed by atoms with Gasteiger partial charge in [0.15, 0.2) is 0 Å². The first kappa shape index (κ1) is 14.4. The van der Waals surface area contributed by atoms with Gasteiger partial charge >= 0.3 is 5.97 Å². The van der Waals surface area contributed by atoms with E-state index in [9.17, 15) is 9.59 Å². The summed E-state index contributed by atoms with van der Waals surface area (Å²) in [4.78, 5) is 23.9. The van der Waals surface area contributed by atoms with Crippen molar-refractivity contribution in [1.29, 1.82) is 0 Å². The summed E-state index contributed by atoms with van der Waals surface area (Å²) in [5.74, 6) is -1.59. The second-order valence-corrected chi connectivity index (χ2v) is 4.92. The molecule has 5 heteroatoms. The van der Waals surface area contributed by atoms with Gasteiger partial charge in [-0.15, -0.1) is 11.3 Å². The van der Waals surface area contributed by atoms with E-state index in [1.165, 1.54) is 11.3 Å². The number of carboxylic acid groups (broad SMARTS) is 1. The van der Waals surface area contributed by atoms with Gasteiger partial charge in [0.25, 0.3) is 0 Å². The average Bonchev–Trinajstić information content (AvgIpc) is 2.86. The topological polar surface area (TPSA) is 66.4 Å². The number of hydrogen-bond acceptors (Lipinski definition) is 3. The molecule has 1 heterocycles. The number of hydrogen-bond donors (Lipinski definition) is 2. The Bertz CT molecular complexity index is 425. The zero-order valence-corrected chi connectivity index (χ0v) is 11.2. The first-order chi connectivity index (χ1) is 8.56. The highest BCUT2D eigenvalue weighted by molar-refractivity contribution is 7.10. The summed E-state index contributed by atoms with van der Waals surface area (Å²) in [5, 5.41) is 13.5. The normalized spacial score (nSPS) is 14.3. The number of nitrogens with one attached hydrogen (secondary N) is 1. The van der Waals surface area contributed by atoms with Gasteiger partial charge < -0.3 is 10.4 Å². The number of carbonyl (C=O) groups excluding carboxylic acids is 1. The fourth-order valence-electron chi connectivity index (χ4n) is 1.46. The minimum Gasteiger partial charge on any atom is -0.480 e. The molecule has 1 amide bonds. The van der Waals surface area contributed by atoms with Crippen molar-refractivity contribution >= 4 is 23.2 Å². The Hall–Kier alpha value is -1.62. The van der Waals surface area contributed by atoms with E-state index in [1.807, 2.05) is 24.4 Å². The van der Waals surface area contributed by atoms with Gasteiger partial charge in [-0.3, -0.25) is 4.79 Å². The van der Waals surface area contributed by atoms with Crippen molar-refractivity contribution in [2.45, 2.75) is 32.2 Å². The van der Waals surface area contributed by atoms with Crippen LogP contribution < -0.4 is 5.32 Å². The Morgan fingerprint density at radius 1 is 1.56 bits per heavy atom. The van der Waals surface area contributed by atoms with Gasteiger partial charge in [0, 0.05) is 4.88 Å². The molecule has 0 aliphatic rings. The summed E-state index contributed by atoms with van der Waals surface area (Å²) in [6.45, 7) is 3.59. The third-order valence-electron chi connectivity index (χ3n) is 2.59. The predicted octanol–water partition coefficient (Wildman–Crippen LogP) is 2.39. The lowest BCUT2D eigenvalue weighted by atomic mass is 10.1. The third kappa shape index (κ3) is 4.00. The van der Waals surface area contributed by atoms with E-state index in [1.54, 1.807) is 19.1 Å². The van der Waals surface area contributed by atoms with Gasteiger partial charge in [-0.2, -0.15) is 0 Å². The minimum atomic E-state index is -1.01. The molecule has 98 valence electrons. The highest BCUT2D eigenvalue weighted by Gasteiger charge is 2.23. The quantitative estimate of drug-likeness (QED) is 0.778. The Labute approximate surface area is 110 Å². The van der Waals surface area contributed by atoms with Crippen molar-refractivity contribution in [3.05, 3.63) is 34.5 Å². The van der Waals surface area contributed by atoms with E-state index in [0.29, 0.717) is 6.42 Å². The van der Waals surface area contributed by atoms with Crippen LogP contribution in [0.25, 0.3) is 0 Å². The molecule has 1 rings (SSSR count). The molecule has 2 unspecified atom stereocenters. The molecule has 0 saturated heterocycles. The van der Waals surface area contributed by atoms with E-state index in [2.05, 4.69) is 5.32 Å². The van der Waals surface area contributed by atoms with Crippen molar-refractivity contribution in [2.75, 3.05) is 0 Å². The molecular formula is C13H17NO3S. The van der Waals surface area contributed by atoms with Crippen LogP contribution in [0.3, 0.4) is 0 Å². The molecule has 1 aromatic heterocycles. The molecular weight excluding hydrogens is 250 g/mol. The van der Waals surface area contributed by atoms with E-state index in [4.69, 9.17) is 5.11 Å². The van der Waals surface area contributed by atoms with Crippen LogP contribution in [0.1, 0.15) is 31.1 Å². The van der Waals surface area contributed by atoms with Crippen molar-refractivity contribution < 1.29 is 14.7 Å². The molecule has 2 atom stereocenters. The van der Waals surface area contributed by atoms with Crippen molar-refractivity contribution in [3.63, 3.8) is 0 Å². The second-order valence-electron chi connectivity index (χ2n) is 3.94. The number of carbonyl (C=O) groups is 2. The number of allylic oxidation sites excluding steroid dienone is 1. The Morgan fingerprint density at radius 3 is 2.78 bits per heavy atom. The molecule has 1 aromatic rings. The summed E-state index contributed by atoms with van der Waals surface area (Å²) in [6.07, 6.45) is 3.80. The number of rotatable bonds is 6. The van der Waals surface area contributed by atoms with Crippen LogP contribution in [0.15, 0.2) is 29.7 Å². The maximum absolute atomic E-state index is 11.9. The van der Waals surface area contributed by atoms with E-state index < -0.39 is 12.0 Å². The maximum Gasteiger partial charge on any atom is 0.326 e. The second kappa shape index (κ2) is 6.96. The Morgan fingerprint density at radius 2 is 2.28 bits per heavy atom. The van der Waals surface area contributed by atoms with E-state index in [-0.39, 0.29) is 11.8 Å². The number of thiophene rings is 1. The molecule has 0 aliphatic heterocycles. The summed E-state index contributed by atoms with van der Waals surface area (Å²) in [7, 11) is 0. The molecule has 0 bridgehead atoms. The van der Waals surface area contributed by atoms with Crippen LogP contribution in [0.5, 0.6) is 0 Å². The van der Waals surface area contributed by atoms with Crippen LogP contribution in [0.2, 0.25) is 0 Å². The summed E-state index contributed by atoms with van der Waals surface area (Å²) in [5.41, 5.74) is 0. The first-order valence-electron chi connectivity index (χ1n) is 5.74. The highest BCUT2D eigenvalue weighted by atomic mass is 32.1. The molecule has 18 heavy (non-hydrogen) atoms. The van der Waals surface area contributed by atoms with Gasteiger partial charge in [0.05, 0.1) is 5.92 Å². The van der Waals surface area contributed by atoms with Crippen LogP contribution >= 0.6 is 11.3 Å². The van der Waals surface area contributed by atoms with Gasteiger partial charge in [-0.25, -0.2) is 4.79 Å². The predicted molar refractivity (Wildman–Crippen MR) is 71.7 cm³/mol. The molecule has 0 fully saturated rings. The van der Waals surface area contributed by atoms with Gasteiger partial charge in [0.1, 0.15) is 6.04 Å². The van der Waals surface area contributed by atoms with E-state index >= 15 is 0 Å². The first-order valence-corrected chi connectivity index (χ1v) is 6.62. The Kier molecular flexibility index (Phi) is 5.58. The average molecular weight is 267 g/mol. The molecule has 0 spiro atoms. The molecule has 2 N–H and O–H groups in total. The standard InChI is InChI=1S/C13H17NO3S/c1-3-4-6-10(13(16)17)14-12(15)9(2)11-7-5-8-18-11/h3-5,7-10H,6H2,1-2H3,(H,14,15)(H,16,17)/b4-3+. The molecule has 4 nitrogen and oxygen atoms in total. The molecule has 0 saturated carbocycles. The van der Waals surface area contributed by atoms with Crippen LogP contribution in [0.4, 0.5) is 0 Å². The lowest BCUT2D eigenvalue weighted by Gasteiger charge is -2.16. The lowest BCUT2D eigenvalue weighted by Crippen LogP contribution is -2.42. The van der Waals surface area contributed by atoms with Crippen LogP contribution in [-0.4, -0.2) is 23.0 Å². The van der Waals surface area contributed by atoms with Crippen molar-refractivity contribution in [2.24, 2.45) is 0 Å². The molecule has 0 radical (unpaired) electrons. The van der Waals surface area contributed by atoms with Crippen LogP contribution in [0, 0.1) is 0 Å². The highest BCUT2D eigenvalue weighted by Crippen LogP contribution is 2.20. The summed E-state index contributed by atoms with van der Waals surface area (Å²) < 4.78 is 0. The number of amides is 1. The SMILES string of the molecule is C/C=C/CC(NC(=O)C(C)c1cccs1)C(=O)O. The van der Waals surface area contributed by atoms with Crippen molar-refractivity contribution in [3.8, 4) is 0 Å². The molecule has 0 aromatic carbocycles. The zero-order valence-electron chi connectivity index (χ0n) is 10.4. The zero-order chi connectivity index (χ0) is 13.5. The van der Waals surface area contributed by atoms with Crippen LogP contribution in [-0.2, 0) is 9.59 Å². The largest absolute Gasteiger partial charge is 0.480 e. The Balaban J connectivity index is 2.63. The van der Waals surface area contributed by atoms with Gasteiger partial charge in [-0.05, 0) is 31.7 Å². The summed E-state index contributed by atoms with van der Waals surface area (Å²) >= 11 is 1.49. The van der Waals surface area contributed by atoms with Gasteiger partial charge in [-0.1, -0.05) is 18.2 Å². The lowest BCUT2D eigenvalue weighted by molar-refractivity contribution is -0.141. The fourth-order valence-corrected chi connectivity index (χ4v) is 2.24. The van der Waals surface area contributed by atoms with Crippen molar-refractivity contribution in [1.82, 2.24) is 5.32 Å². The smallest absolute Gasteiger partial charge is 0.326 e. The van der Waals surface area contributed by atoms with E-state index in [0.717, 1.165) is 4.88 Å². The van der Waals surface area contributed by atoms with Gasteiger partial charge in [0.2, 0.25) is 5.91 Å². The number of aliphatic carboxylic acids is 1.